The third-order valence-electron chi connectivity index (χ3n) is 1.90. The number of hydrogen-bond donors (Lipinski definition) is 2. The molecule has 1 aromatic carbocycles. The predicted molar refractivity (Wildman–Crippen MR) is 67.5 cm³/mol. The van der Waals surface area contributed by atoms with Gasteiger partial charge in [-0.3, -0.25) is 4.79 Å². The minimum Gasteiger partial charge on any atom is -0.325 e. The average Bonchev–Trinajstić information content (AvgIpc) is 2.27. The van der Waals surface area contributed by atoms with Gasteiger partial charge in [-0.05, 0) is 17.7 Å². The lowest BCUT2D eigenvalue weighted by atomic mass is 10.2. The van der Waals surface area contributed by atoms with Gasteiger partial charge >= 0.3 is 0 Å². The molecule has 0 saturated heterocycles. The molecule has 1 rings (SSSR count). The Labute approximate surface area is 105 Å². The first-order valence-electron chi connectivity index (χ1n) is 4.80. The summed E-state index contributed by atoms with van der Waals surface area (Å²) >= 11 is 5.34. The van der Waals surface area contributed by atoms with E-state index in [-0.39, 0.29) is 18.3 Å². The number of sulfonamides is 1. The Morgan fingerprint density at radius 3 is 2.35 bits per heavy atom. The molecule has 0 atom stereocenters. The number of rotatable bonds is 5. The maximum atomic E-state index is 11.0. The quantitative estimate of drug-likeness (QED) is 0.785. The summed E-state index contributed by atoms with van der Waals surface area (Å²) in [6.07, 6.45) is 1.10. The maximum absolute atomic E-state index is 11.0. The van der Waals surface area contributed by atoms with Crippen molar-refractivity contribution in [1.29, 1.82) is 0 Å². The van der Waals surface area contributed by atoms with Crippen LogP contribution in [0.5, 0.6) is 0 Å². The SMILES string of the molecule is CS(=O)(=O)NCc1ccc(NC(=O)CCl)cc1. The van der Waals surface area contributed by atoms with E-state index in [1.165, 1.54) is 0 Å². The Balaban J connectivity index is 2.59. The molecule has 1 amide bonds. The second-order valence-electron chi connectivity index (χ2n) is 3.47. The summed E-state index contributed by atoms with van der Waals surface area (Å²) < 4.78 is 24.1. The van der Waals surface area contributed by atoms with Crippen LogP contribution in [0.2, 0.25) is 0 Å². The fourth-order valence-corrected chi connectivity index (χ4v) is 1.61. The number of carbonyl (C=O) groups is 1. The van der Waals surface area contributed by atoms with Crippen LogP contribution in [-0.2, 0) is 21.4 Å². The molecule has 2 N–H and O–H groups in total. The molecule has 0 bridgehead atoms. The third-order valence-corrected chi connectivity index (χ3v) is 2.81. The zero-order valence-electron chi connectivity index (χ0n) is 9.23. The molecule has 0 aliphatic rings. The van der Waals surface area contributed by atoms with E-state index in [2.05, 4.69) is 10.0 Å². The van der Waals surface area contributed by atoms with Crippen LogP contribution in [0.25, 0.3) is 0 Å². The highest BCUT2D eigenvalue weighted by Gasteiger charge is 2.02. The van der Waals surface area contributed by atoms with Gasteiger partial charge in [0, 0.05) is 12.2 Å². The van der Waals surface area contributed by atoms with Gasteiger partial charge < -0.3 is 5.32 Å². The monoisotopic (exact) mass is 276 g/mol. The van der Waals surface area contributed by atoms with E-state index in [9.17, 15) is 13.2 Å². The van der Waals surface area contributed by atoms with Gasteiger partial charge in [-0.25, -0.2) is 13.1 Å². The van der Waals surface area contributed by atoms with Crippen molar-refractivity contribution in [2.24, 2.45) is 0 Å². The summed E-state index contributed by atoms with van der Waals surface area (Å²) in [6.45, 7) is 0.225. The molecule has 0 spiro atoms. The van der Waals surface area contributed by atoms with Crippen molar-refractivity contribution in [3.05, 3.63) is 29.8 Å². The number of amides is 1. The van der Waals surface area contributed by atoms with Gasteiger partial charge in [-0.2, -0.15) is 0 Å². The first-order valence-corrected chi connectivity index (χ1v) is 7.23. The first kappa shape index (κ1) is 14.0. The van der Waals surface area contributed by atoms with Crippen molar-refractivity contribution in [1.82, 2.24) is 4.72 Å². The van der Waals surface area contributed by atoms with Crippen LogP contribution in [0.4, 0.5) is 5.69 Å². The Kier molecular flexibility index (Phi) is 4.92. The van der Waals surface area contributed by atoms with Gasteiger partial charge in [0.1, 0.15) is 5.88 Å². The third kappa shape index (κ3) is 5.67. The van der Waals surface area contributed by atoms with Crippen molar-refractivity contribution >= 4 is 33.2 Å². The maximum Gasteiger partial charge on any atom is 0.239 e. The van der Waals surface area contributed by atoms with Crippen molar-refractivity contribution in [3.8, 4) is 0 Å². The molecule has 0 aromatic heterocycles. The number of hydrogen-bond acceptors (Lipinski definition) is 3. The van der Waals surface area contributed by atoms with Gasteiger partial charge in [0.2, 0.25) is 15.9 Å². The van der Waals surface area contributed by atoms with Crippen LogP contribution in [-0.4, -0.2) is 26.5 Å². The minimum atomic E-state index is -3.19. The molecule has 0 aliphatic heterocycles. The summed E-state index contributed by atoms with van der Waals surface area (Å²) in [6, 6.07) is 6.82. The predicted octanol–water partition coefficient (Wildman–Crippen LogP) is 0.913. The number of carbonyl (C=O) groups excluding carboxylic acids is 1. The number of nitrogens with one attached hydrogen (secondary N) is 2. The van der Waals surface area contributed by atoms with Crippen molar-refractivity contribution in [2.75, 3.05) is 17.5 Å². The van der Waals surface area contributed by atoms with Crippen LogP contribution in [0, 0.1) is 0 Å². The van der Waals surface area contributed by atoms with Crippen molar-refractivity contribution in [2.45, 2.75) is 6.54 Å². The fourth-order valence-electron chi connectivity index (χ4n) is 1.11. The number of anilines is 1. The lowest BCUT2D eigenvalue weighted by Crippen LogP contribution is -2.21. The molecule has 7 heteroatoms. The zero-order valence-corrected chi connectivity index (χ0v) is 10.8. The number of benzene rings is 1. The minimum absolute atomic E-state index is 0.0998. The Bertz CT molecular complexity index is 485. The normalized spacial score (nSPS) is 11.2. The molecule has 0 unspecified atom stereocenters. The second-order valence-corrected chi connectivity index (χ2v) is 5.57. The summed E-state index contributed by atoms with van der Waals surface area (Å²) in [7, 11) is -3.19. The molecule has 17 heavy (non-hydrogen) atoms. The van der Waals surface area contributed by atoms with Gasteiger partial charge in [-0.1, -0.05) is 12.1 Å². The van der Waals surface area contributed by atoms with Gasteiger partial charge in [0.15, 0.2) is 0 Å². The van der Waals surface area contributed by atoms with E-state index in [1.807, 2.05) is 0 Å². The molecule has 0 aliphatic carbocycles. The van der Waals surface area contributed by atoms with Crippen LogP contribution in [0.1, 0.15) is 5.56 Å². The van der Waals surface area contributed by atoms with Crippen molar-refractivity contribution in [3.63, 3.8) is 0 Å². The molecular formula is C10H13ClN2O3S. The van der Waals surface area contributed by atoms with E-state index < -0.39 is 10.0 Å². The van der Waals surface area contributed by atoms with Crippen LogP contribution in [0.3, 0.4) is 0 Å². The standard InChI is InChI=1S/C10H13ClN2O3S/c1-17(15,16)12-7-8-2-4-9(5-3-8)13-10(14)6-11/h2-5,12H,6-7H2,1H3,(H,13,14). The summed E-state index contributed by atoms with van der Waals surface area (Å²) in [5.74, 6) is -0.383. The first-order chi connectivity index (χ1) is 7.90. The van der Waals surface area contributed by atoms with Crippen LogP contribution < -0.4 is 10.0 Å². The number of alkyl halides is 1. The summed E-state index contributed by atoms with van der Waals surface area (Å²) in [5.41, 5.74) is 1.43. The number of halogens is 1. The van der Waals surface area contributed by atoms with Gasteiger partial charge in [0.25, 0.3) is 0 Å². The highest BCUT2D eigenvalue weighted by molar-refractivity contribution is 7.88. The summed E-state index contributed by atoms with van der Waals surface area (Å²) in [4.78, 5) is 11.0. The largest absolute Gasteiger partial charge is 0.325 e. The average molecular weight is 277 g/mol. The second kappa shape index (κ2) is 6.00. The van der Waals surface area contributed by atoms with E-state index in [0.29, 0.717) is 5.69 Å². The zero-order chi connectivity index (χ0) is 12.9. The molecule has 1 aromatic rings. The highest BCUT2D eigenvalue weighted by Crippen LogP contribution is 2.09. The van der Waals surface area contributed by atoms with E-state index in [0.717, 1.165) is 11.8 Å². The Morgan fingerprint density at radius 2 is 1.88 bits per heavy atom. The lowest BCUT2D eigenvalue weighted by Gasteiger charge is -2.05. The Hall–Kier alpha value is -1.11. The molecule has 0 saturated carbocycles. The lowest BCUT2D eigenvalue weighted by molar-refractivity contribution is -0.113. The Morgan fingerprint density at radius 1 is 1.29 bits per heavy atom. The van der Waals surface area contributed by atoms with Gasteiger partial charge in [0.05, 0.1) is 6.26 Å². The van der Waals surface area contributed by atoms with Crippen LogP contribution >= 0.6 is 11.6 Å². The highest BCUT2D eigenvalue weighted by atomic mass is 35.5. The smallest absolute Gasteiger partial charge is 0.239 e. The molecule has 94 valence electrons. The topological polar surface area (TPSA) is 75.3 Å². The fraction of sp³-hybridized carbons (Fsp3) is 0.300. The van der Waals surface area contributed by atoms with Gasteiger partial charge in [-0.15, -0.1) is 11.6 Å². The molecule has 0 heterocycles. The molecule has 0 fully saturated rings. The molecular weight excluding hydrogens is 264 g/mol. The van der Waals surface area contributed by atoms with E-state index in [1.54, 1.807) is 24.3 Å². The molecule has 0 radical (unpaired) electrons. The van der Waals surface area contributed by atoms with Crippen LogP contribution in [0.15, 0.2) is 24.3 Å². The summed E-state index contributed by atoms with van der Waals surface area (Å²) in [5, 5.41) is 2.58. The van der Waals surface area contributed by atoms with Crippen molar-refractivity contribution < 1.29 is 13.2 Å². The van der Waals surface area contributed by atoms with E-state index >= 15 is 0 Å². The molecule has 5 nitrogen and oxygen atoms in total. The van der Waals surface area contributed by atoms with E-state index in [4.69, 9.17) is 11.6 Å².